The van der Waals surface area contributed by atoms with Gasteiger partial charge in [-0.25, -0.2) is 0 Å². The number of aromatic hydroxyl groups is 1. The van der Waals surface area contributed by atoms with Crippen LogP contribution in [0.1, 0.15) is 24.1 Å². The Morgan fingerprint density at radius 2 is 2.00 bits per heavy atom. The van der Waals surface area contributed by atoms with E-state index < -0.39 is 11.0 Å². The first-order valence-corrected chi connectivity index (χ1v) is 8.22. The Morgan fingerprint density at radius 1 is 1.26 bits per heavy atom. The van der Waals surface area contributed by atoms with E-state index in [1.165, 1.54) is 25.3 Å². The van der Waals surface area contributed by atoms with Gasteiger partial charge >= 0.3 is 0 Å². The Balaban J connectivity index is 2.15. The molecule has 1 unspecified atom stereocenters. The molecule has 136 valence electrons. The highest BCUT2D eigenvalue weighted by atomic mass is 16.6. The molecule has 7 nitrogen and oxygen atoms in total. The number of aromatic nitrogens is 1. The van der Waals surface area contributed by atoms with Crippen LogP contribution in [0.5, 0.6) is 5.75 Å². The van der Waals surface area contributed by atoms with Crippen molar-refractivity contribution in [1.29, 1.82) is 0 Å². The van der Waals surface area contributed by atoms with Crippen LogP contribution in [0, 0.1) is 10.1 Å². The highest BCUT2D eigenvalue weighted by Gasteiger charge is 2.23. The topological polar surface area (TPSA) is 105 Å². The molecule has 0 saturated heterocycles. The van der Waals surface area contributed by atoms with Crippen LogP contribution in [-0.2, 0) is 4.79 Å². The maximum Gasteiger partial charge on any atom is 0.279 e. The summed E-state index contributed by atoms with van der Waals surface area (Å²) < 4.78 is 0. The normalized spacial score (nSPS) is 12.2. The number of carbonyl (C=O) groups excluding carboxylic acids is 1. The van der Waals surface area contributed by atoms with Crippen molar-refractivity contribution in [2.24, 2.45) is 0 Å². The second kappa shape index (κ2) is 7.65. The Labute approximate surface area is 155 Å². The van der Waals surface area contributed by atoms with Gasteiger partial charge in [-0.15, -0.1) is 0 Å². The van der Waals surface area contributed by atoms with Crippen LogP contribution in [0.3, 0.4) is 0 Å². The number of pyridine rings is 1. The summed E-state index contributed by atoms with van der Waals surface area (Å²) in [6, 6.07) is 13.0. The van der Waals surface area contributed by atoms with Crippen molar-refractivity contribution in [2.75, 3.05) is 0 Å². The van der Waals surface area contributed by atoms with Crippen molar-refractivity contribution in [1.82, 2.24) is 10.3 Å². The molecule has 0 radical (unpaired) electrons. The number of hydrogen-bond acceptors (Lipinski definition) is 5. The fraction of sp³-hybridized carbons (Fsp3) is 0.100. The molecule has 1 atom stereocenters. The van der Waals surface area contributed by atoms with Gasteiger partial charge in [0.1, 0.15) is 11.3 Å². The molecular weight excluding hydrogens is 346 g/mol. The van der Waals surface area contributed by atoms with E-state index >= 15 is 0 Å². The van der Waals surface area contributed by atoms with Crippen molar-refractivity contribution in [3.05, 3.63) is 82.0 Å². The molecule has 0 aliphatic carbocycles. The molecule has 3 rings (SSSR count). The number of nitrogens with zero attached hydrogens (tertiary/aromatic N) is 2. The molecule has 0 aliphatic rings. The molecule has 0 saturated carbocycles. The zero-order valence-electron chi connectivity index (χ0n) is 14.5. The minimum atomic E-state index is -0.757. The Bertz CT molecular complexity index is 1030. The molecule has 0 aliphatic heterocycles. The predicted octanol–water partition coefficient (Wildman–Crippen LogP) is 3.74. The number of nitro groups is 1. The lowest BCUT2D eigenvalue weighted by molar-refractivity contribution is -0.383. The van der Waals surface area contributed by atoms with Gasteiger partial charge < -0.3 is 10.4 Å². The summed E-state index contributed by atoms with van der Waals surface area (Å²) in [5.41, 5.74) is 1.02. The standard InChI is InChI=1S/C20H17N3O4/c1-13(24)22-17(10-9-14-6-3-2-4-7-14)16-12-18(23(26)27)15-8-5-11-21-19(15)20(16)25/h2-12,17,25H,1H3,(H,22,24). The molecule has 1 aromatic heterocycles. The predicted molar refractivity (Wildman–Crippen MR) is 102 cm³/mol. The van der Waals surface area contributed by atoms with E-state index in [1.54, 1.807) is 18.2 Å². The smallest absolute Gasteiger partial charge is 0.279 e. The highest BCUT2D eigenvalue weighted by molar-refractivity contribution is 5.93. The van der Waals surface area contributed by atoms with E-state index in [4.69, 9.17) is 0 Å². The summed E-state index contributed by atoms with van der Waals surface area (Å²) in [4.78, 5) is 26.7. The van der Waals surface area contributed by atoms with Gasteiger partial charge in [-0.2, -0.15) is 0 Å². The number of fused-ring (bicyclic) bond motifs is 1. The van der Waals surface area contributed by atoms with E-state index in [0.29, 0.717) is 0 Å². The molecule has 3 aromatic rings. The molecule has 1 amide bonds. The maximum absolute atomic E-state index is 11.7. The molecular formula is C20H17N3O4. The molecule has 0 bridgehead atoms. The highest BCUT2D eigenvalue weighted by Crippen LogP contribution is 2.38. The molecule has 1 heterocycles. The monoisotopic (exact) mass is 363 g/mol. The third-order valence-electron chi connectivity index (χ3n) is 4.04. The van der Waals surface area contributed by atoms with E-state index in [1.807, 2.05) is 30.3 Å². The van der Waals surface area contributed by atoms with Crippen molar-refractivity contribution in [3.63, 3.8) is 0 Å². The van der Waals surface area contributed by atoms with Crippen LogP contribution in [0.4, 0.5) is 5.69 Å². The van der Waals surface area contributed by atoms with Crippen molar-refractivity contribution in [2.45, 2.75) is 13.0 Å². The lowest BCUT2D eigenvalue weighted by Crippen LogP contribution is -2.24. The maximum atomic E-state index is 11.7. The Hall–Kier alpha value is -3.74. The molecule has 7 heteroatoms. The molecule has 0 fully saturated rings. The van der Waals surface area contributed by atoms with Gasteiger partial charge in [0, 0.05) is 24.8 Å². The molecule has 2 N–H and O–H groups in total. The van der Waals surface area contributed by atoms with E-state index in [9.17, 15) is 20.0 Å². The number of phenols is 1. The summed E-state index contributed by atoms with van der Waals surface area (Å²) >= 11 is 0. The summed E-state index contributed by atoms with van der Waals surface area (Å²) in [5, 5.41) is 25.1. The van der Waals surface area contributed by atoms with Gasteiger partial charge in [0.15, 0.2) is 0 Å². The minimum Gasteiger partial charge on any atom is -0.505 e. The van der Waals surface area contributed by atoms with Gasteiger partial charge in [-0.3, -0.25) is 19.9 Å². The van der Waals surface area contributed by atoms with Gasteiger partial charge in [0.25, 0.3) is 5.69 Å². The number of benzene rings is 2. The van der Waals surface area contributed by atoms with Crippen LogP contribution in [0.2, 0.25) is 0 Å². The lowest BCUT2D eigenvalue weighted by Gasteiger charge is -2.17. The zero-order chi connectivity index (χ0) is 19.4. The van der Waals surface area contributed by atoms with E-state index in [2.05, 4.69) is 10.3 Å². The van der Waals surface area contributed by atoms with Crippen LogP contribution in [-0.4, -0.2) is 20.9 Å². The van der Waals surface area contributed by atoms with Crippen molar-refractivity contribution in [3.8, 4) is 5.75 Å². The second-order valence-corrected chi connectivity index (χ2v) is 5.94. The van der Waals surface area contributed by atoms with Crippen molar-refractivity contribution < 1.29 is 14.8 Å². The second-order valence-electron chi connectivity index (χ2n) is 5.94. The first-order valence-electron chi connectivity index (χ1n) is 8.22. The number of carbonyl (C=O) groups is 1. The number of amides is 1. The van der Waals surface area contributed by atoms with Crippen LogP contribution in [0.25, 0.3) is 17.0 Å². The van der Waals surface area contributed by atoms with Crippen LogP contribution in [0.15, 0.2) is 60.8 Å². The number of nitrogens with one attached hydrogen (secondary N) is 1. The van der Waals surface area contributed by atoms with Crippen LogP contribution < -0.4 is 5.32 Å². The van der Waals surface area contributed by atoms with E-state index in [0.717, 1.165) is 5.56 Å². The number of nitro benzene ring substituents is 1. The first-order chi connectivity index (χ1) is 13.0. The Morgan fingerprint density at radius 3 is 2.67 bits per heavy atom. The van der Waals surface area contributed by atoms with E-state index in [-0.39, 0.29) is 33.8 Å². The fourth-order valence-corrected chi connectivity index (χ4v) is 2.84. The number of non-ortho nitro benzene ring substituents is 1. The number of hydrogen-bond donors (Lipinski definition) is 2. The zero-order valence-corrected chi connectivity index (χ0v) is 14.5. The summed E-state index contributed by atoms with van der Waals surface area (Å²) in [6.45, 7) is 1.34. The van der Waals surface area contributed by atoms with Gasteiger partial charge in [0.05, 0.1) is 16.4 Å². The molecule has 27 heavy (non-hydrogen) atoms. The third kappa shape index (κ3) is 3.92. The molecule has 2 aromatic carbocycles. The Kier molecular flexibility index (Phi) is 5.12. The number of rotatable bonds is 5. The van der Waals surface area contributed by atoms with Gasteiger partial charge in [0.2, 0.25) is 5.91 Å². The van der Waals surface area contributed by atoms with Gasteiger partial charge in [-0.1, -0.05) is 42.5 Å². The number of phenolic OH excluding ortho intramolecular Hbond substituents is 1. The average molecular weight is 363 g/mol. The summed E-state index contributed by atoms with van der Waals surface area (Å²) in [5.74, 6) is -0.534. The fourth-order valence-electron chi connectivity index (χ4n) is 2.84. The lowest BCUT2D eigenvalue weighted by atomic mass is 10.00. The summed E-state index contributed by atoms with van der Waals surface area (Å²) in [6.07, 6.45) is 4.89. The molecule has 0 spiro atoms. The largest absolute Gasteiger partial charge is 0.505 e. The third-order valence-corrected chi connectivity index (χ3v) is 4.04. The summed E-state index contributed by atoms with van der Waals surface area (Å²) in [7, 11) is 0. The van der Waals surface area contributed by atoms with Crippen LogP contribution >= 0.6 is 0 Å². The van der Waals surface area contributed by atoms with Crippen molar-refractivity contribution >= 4 is 28.6 Å². The average Bonchev–Trinajstić information content (AvgIpc) is 2.66. The quantitative estimate of drug-likeness (QED) is 0.531. The van der Waals surface area contributed by atoms with Gasteiger partial charge in [-0.05, 0) is 17.7 Å². The first kappa shape index (κ1) is 18.1. The minimum absolute atomic E-state index is 0.116. The SMILES string of the molecule is CC(=O)NC(C=Cc1ccccc1)c1cc([N+](=O)[O-])c2cccnc2c1O.